The van der Waals surface area contributed by atoms with E-state index < -0.39 is 39.0 Å². The number of non-ortho nitro benzene ring substituents is 1. The maximum atomic E-state index is 12.8. The Balaban J connectivity index is 0.000000423. The zero-order valence-electron chi connectivity index (χ0n) is 20.9. The van der Waals surface area contributed by atoms with Crippen LogP contribution in [0.5, 0.6) is 0 Å². The minimum absolute atomic E-state index is 0.0741. The molecule has 0 aromatic heterocycles. The molecule has 0 spiro atoms. The Bertz CT molecular complexity index is 1440. The maximum Gasteiger partial charge on any atom is 0.337 e. The number of hydrogen-bond acceptors (Lipinski definition) is 10. The highest BCUT2D eigenvalue weighted by atomic mass is 32.2. The maximum absolute atomic E-state index is 12.8. The number of nitrogens with zero attached hydrogens (tertiary/aromatic N) is 2. The van der Waals surface area contributed by atoms with Crippen LogP contribution in [-0.4, -0.2) is 43.0 Å². The Morgan fingerprint density at radius 3 is 2.21 bits per heavy atom. The quantitative estimate of drug-likeness (QED) is 0.235. The number of hydrogen-bond donors (Lipinski definition) is 2. The van der Waals surface area contributed by atoms with Crippen molar-refractivity contribution < 1.29 is 37.0 Å². The summed E-state index contributed by atoms with van der Waals surface area (Å²) in [6.07, 6.45) is -0.429. The second kappa shape index (κ2) is 12.6. The molecule has 0 saturated heterocycles. The van der Waals surface area contributed by atoms with E-state index in [1.54, 1.807) is 39.0 Å². The topological polar surface area (TPSA) is 186 Å². The number of ether oxygens (including phenoxy) is 2. The smallest absolute Gasteiger partial charge is 0.337 e. The predicted molar refractivity (Wildman–Crippen MR) is 134 cm³/mol. The molecule has 2 N–H and O–H groups in total. The van der Waals surface area contributed by atoms with Gasteiger partial charge in [-0.2, -0.15) is 13.7 Å². The Morgan fingerprint density at radius 1 is 1.11 bits per heavy atom. The third-order valence-corrected chi connectivity index (χ3v) is 5.97. The van der Waals surface area contributed by atoms with Gasteiger partial charge >= 0.3 is 11.9 Å². The van der Waals surface area contributed by atoms with Gasteiger partial charge in [-0.25, -0.2) is 9.59 Å². The number of nitrogens with one attached hydrogen (secondary N) is 1. The van der Waals surface area contributed by atoms with Crippen molar-refractivity contribution in [3.8, 4) is 6.07 Å². The highest BCUT2D eigenvalue weighted by Gasteiger charge is 2.39. The van der Waals surface area contributed by atoms with Crippen LogP contribution in [0.3, 0.4) is 0 Å². The average Bonchev–Trinajstić information content (AvgIpc) is 2.87. The largest absolute Gasteiger partial charge is 0.466 e. The molecule has 200 valence electrons. The van der Waals surface area contributed by atoms with Crippen LogP contribution in [0.1, 0.15) is 32.3 Å². The molecule has 12 nitrogen and oxygen atoms in total. The number of carbonyl (C=O) groups is 2. The van der Waals surface area contributed by atoms with E-state index >= 15 is 0 Å². The first kappa shape index (κ1) is 29.7. The number of benzene rings is 2. The summed E-state index contributed by atoms with van der Waals surface area (Å²) in [5.74, 6) is -2.59. The fraction of sp³-hybridized carbons (Fsp3) is 0.240. The lowest BCUT2D eigenvalue weighted by Gasteiger charge is -2.29. The van der Waals surface area contributed by atoms with Gasteiger partial charge in [0.05, 0.1) is 40.1 Å². The van der Waals surface area contributed by atoms with Crippen molar-refractivity contribution in [2.45, 2.75) is 37.7 Å². The fourth-order valence-corrected chi connectivity index (χ4v) is 4.04. The van der Waals surface area contributed by atoms with Gasteiger partial charge in [0.25, 0.3) is 15.8 Å². The second-order valence-electron chi connectivity index (χ2n) is 8.08. The normalized spacial score (nSPS) is 15.0. The summed E-state index contributed by atoms with van der Waals surface area (Å²) in [6, 6.07) is 14.8. The predicted octanol–water partition coefficient (Wildman–Crippen LogP) is 3.39. The summed E-state index contributed by atoms with van der Waals surface area (Å²) < 4.78 is 39.3. The van der Waals surface area contributed by atoms with Crippen LogP contribution in [0.15, 0.2) is 82.0 Å². The number of nitro groups is 1. The first-order valence-electron chi connectivity index (χ1n) is 11.0. The summed E-state index contributed by atoms with van der Waals surface area (Å²) in [4.78, 5) is 35.7. The summed E-state index contributed by atoms with van der Waals surface area (Å²) in [5.41, 5.74) is 0.251. The van der Waals surface area contributed by atoms with Crippen LogP contribution < -0.4 is 5.32 Å². The number of nitro benzene ring substituents is 1. The molecule has 1 heterocycles. The van der Waals surface area contributed by atoms with Gasteiger partial charge < -0.3 is 14.8 Å². The van der Waals surface area contributed by atoms with Crippen LogP contribution in [0.2, 0.25) is 0 Å². The van der Waals surface area contributed by atoms with Crippen LogP contribution in [0.25, 0.3) is 0 Å². The lowest BCUT2D eigenvalue weighted by molar-refractivity contribution is -0.384. The molecular weight excluding hydrogens is 518 g/mol. The molecule has 0 amide bonds. The second-order valence-corrected chi connectivity index (χ2v) is 9.50. The van der Waals surface area contributed by atoms with Gasteiger partial charge in [0, 0.05) is 17.8 Å². The van der Waals surface area contributed by atoms with Crippen molar-refractivity contribution in [3.63, 3.8) is 0 Å². The Labute approximate surface area is 219 Å². The third-order valence-electron chi connectivity index (χ3n) is 5.10. The average molecular weight is 544 g/mol. The Morgan fingerprint density at radius 2 is 1.74 bits per heavy atom. The first-order valence-corrected chi connectivity index (χ1v) is 12.4. The SMILES string of the molecule is COC(=O)C1=C(C#N)NC(C)=C(C(=O)OC(C)C)C1c1cccc([N+](=O)[O-])c1.O=S(=O)(O)c1ccccc1. The molecule has 0 saturated carbocycles. The summed E-state index contributed by atoms with van der Waals surface area (Å²) in [6.45, 7) is 4.90. The highest BCUT2D eigenvalue weighted by Crippen LogP contribution is 2.40. The molecule has 1 unspecified atom stereocenters. The molecule has 38 heavy (non-hydrogen) atoms. The molecule has 1 aliphatic rings. The number of esters is 2. The van der Waals surface area contributed by atoms with Crippen LogP contribution in [0.4, 0.5) is 5.69 Å². The van der Waals surface area contributed by atoms with E-state index in [0.29, 0.717) is 11.3 Å². The van der Waals surface area contributed by atoms with Gasteiger partial charge in [0.15, 0.2) is 0 Å². The van der Waals surface area contributed by atoms with E-state index in [4.69, 9.17) is 14.0 Å². The van der Waals surface area contributed by atoms with E-state index in [2.05, 4.69) is 5.32 Å². The molecule has 13 heteroatoms. The number of carbonyl (C=O) groups excluding carboxylic acids is 2. The van der Waals surface area contributed by atoms with Crippen molar-refractivity contribution in [2.24, 2.45) is 0 Å². The van der Waals surface area contributed by atoms with Crippen LogP contribution >= 0.6 is 0 Å². The zero-order valence-corrected chi connectivity index (χ0v) is 21.7. The van der Waals surface area contributed by atoms with E-state index in [-0.39, 0.29) is 27.4 Å². The van der Waals surface area contributed by atoms with Gasteiger partial charge in [-0.15, -0.1) is 0 Å². The molecule has 1 aliphatic heterocycles. The van der Waals surface area contributed by atoms with E-state index in [9.17, 15) is 33.4 Å². The number of nitriles is 1. The molecule has 0 aliphatic carbocycles. The van der Waals surface area contributed by atoms with Crippen molar-refractivity contribution in [2.75, 3.05) is 7.11 Å². The van der Waals surface area contributed by atoms with Crippen molar-refractivity contribution in [1.82, 2.24) is 5.32 Å². The molecule has 0 fully saturated rings. The Kier molecular flexibility index (Phi) is 9.86. The zero-order chi connectivity index (χ0) is 28.6. The van der Waals surface area contributed by atoms with E-state index in [1.807, 2.05) is 6.07 Å². The summed E-state index contributed by atoms with van der Waals surface area (Å²) in [7, 11) is -2.86. The van der Waals surface area contributed by atoms with Gasteiger partial charge in [-0.05, 0) is 38.5 Å². The van der Waals surface area contributed by atoms with E-state index in [0.717, 1.165) is 7.11 Å². The van der Waals surface area contributed by atoms with Crippen molar-refractivity contribution in [3.05, 3.63) is 92.8 Å². The van der Waals surface area contributed by atoms with Crippen molar-refractivity contribution >= 4 is 27.7 Å². The standard InChI is InChI=1S/C19H19N3O6.C6H6O3S/c1-10(2)28-19(24)15-11(3)21-14(9-20)17(18(23)27-4)16(15)12-6-5-7-13(8-12)22(25)26;7-10(8,9)6-4-2-1-3-5-6/h5-8,10,16,21H,1-4H3;1-5H,(H,7,8,9). The molecule has 2 aromatic carbocycles. The Hall–Kier alpha value is -4.54. The minimum atomic E-state index is -4.00. The van der Waals surface area contributed by atoms with Crippen LogP contribution in [0, 0.1) is 21.4 Å². The van der Waals surface area contributed by atoms with Gasteiger partial charge in [0.1, 0.15) is 11.8 Å². The molecule has 3 rings (SSSR count). The molecule has 1 atom stereocenters. The lowest BCUT2D eigenvalue weighted by Crippen LogP contribution is -2.33. The number of allylic oxidation sites excluding steroid dienone is 2. The summed E-state index contributed by atoms with van der Waals surface area (Å²) >= 11 is 0. The highest BCUT2D eigenvalue weighted by molar-refractivity contribution is 7.85. The molecule has 0 radical (unpaired) electrons. The molecular formula is C25H25N3O9S. The number of methoxy groups -OCH3 is 1. The number of rotatable bonds is 6. The molecule has 0 bridgehead atoms. The monoisotopic (exact) mass is 543 g/mol. The van der Waals surface area contributed by atoms with Crippen LogP contribution in [-0.2, 0) is 29.2 Å². The lowest BCUT2D eigenvalue weighted by atomic mass is 9.80. The number of dihydropyridines is 1. The minimum Gasteiger partial charge on any atom is -0.466 e. The summed E-state index contributed by atoms with van der Waals surface area (Å²) in [5, 5.41) is 23.4. The van der Waals surface area contributed by atoms with Crippen molar-refractivity contribution in [1.29, 1.82) is 5.26 Å². The van der Waals surface area contributed by atoms with E-state index in [1.165, 1.54) is 36.4 Å². The first-order chi connectivity index (χ1) is 17.8. The fourth-order valence-electron chi connectivity index (χ4n) is 3.54. The molecule has 2 aromatic rings. The van der Waals surface area contributed by atoms with Gasteiger partial charge in [-0.1, -0.05) is 30.3 Å². The third kappa shape index (κ3) is 7.25. The van der Waals surface area contributed by atoms with Gasteiger partial charge in [0.2, 0.25) is 0 Å². The van der Waals surface area contributed by atoms with Gasteiger partial charge in [-0.3, -0.25) is 14.7 Å².